The van der Waals surface area contributed by atoms with Crippen LogP contribution in [-0.2, 0) is 9.53 Å². The van der Waals surface area contributed by atoms with Crippen molar-refractivity contribution in [2.24, 2.45) is 11.7 Å². The predicted molar refractivity (Wildman–Crippen MR) is 110 cm³/mol. The number of rotatable bonds is 9. The van der Waals surface area contributed by atoms with Crippen molar-refractivity contribution >= 4 is 5.97 Å². The molecule has 0 radical (unpaired) electrons. The van der Waals surface area contributed by atoms with E-state index >= 15 is 0 Å². The second-order valence-corrected chi connectivity index (χ2v) is 6.98. The van der Waals surface area contributed by atoms with Crippen LogP contribution in [0.2, 0.25) is 0 Å². The molecule has 0 amide bonds. The summed E-state index contributed by atoms with van der Waals surface area (Å²) in [6.45, 7) is 7.77. The van der Waals surface area contributed by atoms with Gasteiger partial charge in [0.15, 0.2) is 0 Å². The van der Waals surface area contributed by atoms with Crippen LogP contribution in [0.15, 0.2) is 54.6 Å². The van der Waals surface area contributed by atoms with Crippen LogP contribution in [0.1, 0.15) is 40.5 Å². The Labute approximate surface area is 162 Å². The molecule has 0 heterocycles. The summed E-state index contributed by atoms with van der Waals surface area (Å²) in [6.07, 6.45) is 1.28. The third kappa shape index (κ3) is 5.83. The monoisotopic (exact) mass is 369 g/mol. The molecule has 0 unspecified atom stereocenters. The first-order chi connectivity index (χ1) is 13.0. The highest BCUT2D eigenvalue weighted by molar-refractivity contribution is 5.75. The largest absolute Gasteiger partial charge is 0.486 e. The molecule has 0 spiro atoms. The number of ether oxygens (including phenoxy) is 2. The van der Waals surface area contributed by atoms with E-state index in [1.807, 2.05) is 43.3 Å². The average molecular weight is 370 g/mol. The lowest BCUT2D eigenvalue weighted by molar-refractivity contribution is -0.155. The molecule has 4 heteroatoms. The average Bonchev–Trinajstić information content (AvgIpc) is 2.68. The van der Waals surface area contributed by atoms with Gasteiger partial charge in [0.05, 0.1) is 0 Å². The Morgan fingerprint density at radius 1 is 0.963 bits per heavy atom. The van der Waals surface area contributed by atoms with E-state index in [2.05, 4.69) is 32.0 Å². The number of hydrogen-bond donors (Lipinski definition) is 1. The Morgan fingerprint density at radius 2 is 1.59 bits per heavy atom. The number of carbonyl (C=O) groups excluding carboxylic acids is 1. The molecular weight excluding hydrogens is 338 g/mol. The minimum absolute atomic E-state index is 0.228. The quantitative estimate of drug-likeness (QED) is 0.644. The Kier molecular flexibility index (Phi) is 7.86. The summed E-state index contributed by atoms with van der Waals surface area (Å²) in [5.74, 6) is 0.651. The minimum Gasteiger partial charge on any atom is -0.486 e. The standard InChI is InChI=1S/C23H31NO3/c1-5-18(6-2)22(17(4)26-23(25)16(3)24)27-21-14-10-13-20(15-21)19-11-8-7-9-12-19/h7-18,22H,5-6,24H2,1-4H3/t16-,17-,22-/m0/s1. The van der Waals surface area contributed by atoms with Gasteiger partial charge in [-0.25, -0.2) is 0 Å². The molecule has 27 heavy (non-hydrogen) atoms. The Hall–Kier alpha value is -2.33. The van der Waals surface area contributed by atoms with Crippen molar-refractivity contribution in [3.05, 3.63) is 54.6 Å². The summed E-state index contributed by atoms with van der Waals surface area (Å²) >= 11 is 0. The van der Waals surface area contributed by atoms with Crippen LogP contribution in [0.25, 0.3) is 11.1 Å². The molecule has 2 N–H and O–H groups in total. The summed E-state index contributed by atoms with van der Waals surface area (Å²) in [5.41, 5.74) is 7.88. The molecule has 0 saturated heterocycles. The number of hydrogen-bond acceptors (Lipinski definition) is 4. The highest BCUT2D eigenvalue weighted by atomic mass is 16.6. The Bertz CT molecular complexity index is 711. The van der Waals surface area contributed by atoms with E-state index in [0.29, 0.717) is 0 Å². The smallest absolute Gasteiger partial charge is 0.323 e. The van der Waals surface area contributed by atoms with Gasteiger partial charge < -0.3 is 15.2 Å². The van der Waals surface area contributed by atoms with Crippen LogP contribution >= 0.6 is 0 Å². The number of esters is 1. The van der Waals surface area contributed by atoms with Crippen LogP contribution < -0.4 is 10.5 Å². The lowest BCUT2D eigenvalue weighted by atomic mass is 9.93. The van der Waals surface area contributed by atoms with Crippen molar-refractivity contribution in [1.82, 2.24) is 0 Å². The van der Waals surface area contributed by atoms with Gasteiger partial charge in [0, 0.05) is 0 Å². The van der Waals surface area contributed by atoms with Gasteiger partial charge in [-0.1, -0.05) is 56.3 Å². The molecule has 0 aromatic heterocycles. The molecule has 4 nitrogen and oxygen atoms in total. The van der Waals surface area contributed by atoms with Crippen molar-refractivity contribution in [3.63, 3.8) is 0 Å². The number of carbonyl (C=O) groups is 1. The molecule has 146 valence electrons. The highest BCUT2D eigenvalue weighted by Crippen LogP contribution is 2.28. The van der Waals surface area contributed by atoms with Gasteiger partial charge in [-0.05, 0) is 55.9 Å². The first-order valence-corrected chi connectivity index (χ1v) is 9.74. The molecule has 3 atom stereocenters. The van der Waals surface area contributed by atoms with Gasteiger partial charge in [0.25, 0.3) is 0 Å². The minimum atomic E-state index is -0.642. The summed E-state index contributed by atoms with van der Waals surface area (Å²) in [5, 5.41) is 0. The lowest BCUT2D eigenvalue weighted by Gasteiger charge is -2.31. The van der Waals surface area contributed by atoms with Crippen molar-refractivity contribution < 1.29 is 14.3 Å². The van der Waals surface area contributed by atoms with Crippen LogP contribution in [0.4, 0.5) is 0 Å². The van der Waals surface area contributed by atoms with Gasteiger partial charge in [-0.3, -0.25) is 4.79 Å². The van der Waals surface area contributed by atoms with E-state index in [1.54, 1.807) is 6.92 Å². The lowest BCUT2D eigenvalue weighted by Crippen LogP contribution is -2.42. The summed E-state index contributed by atoms with van der Waals surface area (Å²) in [7, 11) is 0. The van der Waals surface area contributed by atoms with Crippen LogP contribution in [0, 0.1) is 5.92 Å². The van der Waals surface area contributed by atoms with Crippen molar-refractivity contribution in [3.8, 4) is 16.9 Å². The van der Waals surface area contributed by atoms with E-state index in [9.17, 15) is 4.79 Å². The predicted octanol–water partition coefficient (Wildman–Crippen LogP) is 4.82. The van der Waals surface area contributed by atoms with Crippen molar-refractivity contribution in [2.45, 2.75) is 58.8 Å². The fourth-order valence-electron chi connectivity index (χ4n) is 3.22. The number of benzene rings is 2. The van der Waals surface area contributed by atoms with Crippen LogP contribution in [-0.4, -0.2) is 24.2 Å². The van der Waals surface area contributed by atoms with Gasteiger partial charge >= 0.3 is 5.97 Å². The zero-order valence-corrected chi connectivity index (χ0v) is 16.7. The zero-order chi connectivity index (χ0) is 19.8. The second-order valence-electron chi connectivity index (χ2n) is 6.98. The molecule has 2 aromatic rings. The van der Waals surface area contributed by atoms with E-state index in [4.69, 9.17) is 15.2 Å². The molecule has 0 saturated carbocycles. The number of nitrogens with two attached hydrogens (primary N) is 1. The molecule has 2 rings (SSSR count). The second kappa shape index (κ2) is 10.1. The van der Waals surface area contributed by atoms with Crippen molar-refractivity contribution in [1.29, 1.82) is 0 Å². The van der Waals surface area contributed by atoms with E-state index < -0.39 is 12.0 Å². The van der Waals surface area contributed by atoms with Crippen LogP contribution in [0.3, 0.4) is 0 Å². The van der Waals surface area contributed by atoms with Gasteiger partial charge in [-0.15, -0.1) is 0 Å². The fourth-order valence-corrected chi connectivity index (χ4v) is 3.22. The molecule has 0 bridgehead atoms. The maximum Gasteiger partial charge on any atom is 0.323 e. The van der Waals surface area contributed by atoms with E-state index in [-0.39, 0.29) is 18.1 Å². The normalized spacial score (nSPS) is 14.4. The van der Waals surface area contributed by atoms with Crippen LogP contribution in [0.5, 0.6) is 5.75 Å². The maximum absolute atomic E-state index is 11.9. The van der Waals surface area contributed by atoms with Gasteiger partial charge in [-0.2, -0.15) is 0 Å². The third-order valence-electron chi connectivity index (χ3n) is 4.86. The first-order valence-electron chi connectivity index (χ1n) is 9.74. The Balaban J connectivity index is 2.23. The Morgan fingerprint density at radius 3 is 2.19 bits per heavy atom. The molecule has 0 aliphatic heterocycles. The van der Waals surface area contributed by atoms with Crippen molar-refractivity contribution in [2.75, 3.05) is 0 Å². The van der Waals surface area contributed by atoms with Gasteiger partial charge in [0.2, 0.25) is 0 Å². The summed E-state index contributed by atoms with van der Waals surface area (Å²) in [4.78, 5) is 11.9. The van der Waals surface area contributed by atoms with E-state index in [0.717, 1.165) is 29.7 Å². The third-order valence-corrected chi connectivity index (χ3v) is 4.86. The summed E-state index contributed by atoms with van der Waals surface area (Å²) in [6, 6.07) is 17.6. The molecule has 0 fully saturated rings. The zero-order valence-electron chi connectivity index (χ0n) is 16.7. The molecule has 0 aliphatic carbocycles. The molecular formula is C23H31NO3. The summed E-state index contributed by atoms with van der Waals surface area (Å²) < 4.78 is 11.9. The first kappa shape index (κ1) is 21.0. The molecule has 0 aliphatic rings. The van der Waals surface area contributed by atoms with E-state index in [1.165, 1.54) is 0 Å². The topological polar surface area (TPSA) is 61.5 Å². The fraction of sp³-hybridized carbons (Fsp3) is 0.435. The highest BCUT2D eigenvalue weighted by Gasteiger charge is 2.30. The maximum atomic E-state index is 11.9. The molecule has 2 aromatic carbocycles. The van der Waals surface area contributed by atoms with Gasteiger partial charge in [0.1, 0.15) is 24.0 Å². The SMILES string of the molecule is CCC(CC)[C@@H](Oc1cccc(-c2ccccc2)c1)[C@H](C)OC(=O)[C@H](C)N.